The molecule has 3 aliphatic carbocycles. The Morgan fingerprint density at radius 3 is 2.49 bits per heavy atom. The highest BCUT2D eigenvalue weighted by Gasteiger charge is 2.73. The molecule has 0 radical (unpaired) electrons. The molecule has 1 aromatic rings. The number of hydrogen-bond donors (Lipinski definition) is 2. The number of rotatable bonds is 4. The van der Waals surface area contributed by atoms with Gasteiger partial charge in [0.25, 0.3) is 0 Å². The zero-order chi connectivity index (χ0) is 27.3. The monoisotopic (exact) mass is 518 g/mol. The van der Waals surface area contributed by atoms with Gasteiger partial charge in [-0.3, -0.25) is 14.4 Å². The van der Waals surface area contributed by atoms with Crippen molar-refractivity contribution in [1.29, 1.82) is 0 Å². The van der Waals surface area contributed by atoms with Gasteiger partial charge in [0.1, 0.15) is 18.0 Å². The summed E-state index contributed by atoms with van der Waals surface area (Å²) < 4.78 is 16.2. The molecular formula is C29H42O8. The van der Waals surface area contributed by atoms with Crippen LogP contribution in [-0.4, -0.2) is 53.4 Å². The molecule has 6 unspecified atom stereocenters. The van der Waals surface area contributed by atoms with Crippen LogP contribution in [0.15, 0.2) is 23.0 Å². The lowest BCUT2D eigenvalue weighted by Gasteiger charge is -2.71. The van der Waals surface area contributed by atoms with Gasteiger partial charge in [-0.25, -0.2) is 0 Å². The third-order valence-electron chi connectivity index (χ3n) is 10.7. The number of ether oxygens (including phenoxy) is 2. The van der Waals surface area contributed by atoms with Crippen LogP contribution in [0.4, 0.5) is 0 Å². The van der Waals surface area contributed by atoms with Crippen LogP contribution in [0.1, 0.15) is 77.1 Å². The van der Waals surface area contributed by atoms with Crippen molar-refractivity contribution in [2.24, 2.45) is 46.3 Å². The SMILES string of the molecule is CCO.COC(=O)C[C@H]1C(C)C[C@]2(O)C3OC(=O)CC4C3C(CC[C@@]4(C)C(=O)c3ccoc3)[C@@]1(C)C2C. The molecule has 4 fully saturated rings. The number of carbonyl (C=O) groups is 3. The molecule has 1 aromatic heterocycles. The molecule has 0 spiro atoms. The topological polar surface area (TPSA) is 123 Å². The van der Waals surface area contributed by atoms with Gasteiger partial charge in [0.2, 0.25) is 0 Å². The molecular weight excluding hydrogens is 476 g/mol. The standard InChI is InChI=1S/C27H36O7.C2H6O/c1-14-12-27(31)15(2)26(4,18(14)10-20(28)32-5)17-6-8-25(3,23(30)16-7-9-33-13-16)19-11-21(29)34-24(27)22(17)19;1-2-3/h7,9,13-15,17-19,22,24,31H,6,8,10-12H2,1-5H3;3H,2H2,1H3/t14?,15?,17?,18-,19?,22?,24?,25+,26+,27+;/m0./s1. The first-order chi connectivity index (χ1) is 17.4. The Morgan fingerprint density at radius 2 is 1.89 bits per heavy atom. The van der Waals surface area contributed by atoms with Crippen LogP contribution < -0.4 is 0 Å². The zero-order valence-corrected chi connectivity index (χ0v) is 22.9. The van der Waals surface area contributed by atoms with E-state index in [4.69, 9.17) is 19.0 Å². The molecule has 206 valence electrons. The average molecular weight is 519 g/mol. The Hall–Kier alpha value is -2.19. The van der Waals surface area contributed by atoms with Gasteiger partial charge in [0, 0.05) is 30.8 Å². The summed E-state index contributed by atoms with van der Waals surface area (Å²) >= 11 is 0. The first kappa shape index (κ1) is 27.8. The molecule has 10 atom stereocenters. The van der Waals surface area contributed by atoms with Gasteiger partial charge < -0.3 is 24.1 Å². The van der Waals surface area contributed by atoms with Gasteiger partial charge in [-0.1, -0.05) is 27.7 Å². The number of aliphatic hydroxyl groups excluding tert-OH is 1. The molecule has 1 saturated heterocycles. The Labute approximate surface area is 219 Å². The van der Waals surface area contributed by atoms with Crippen LogP contribution >= 0.6 is 0 Å². The minimum atomic E-state index is -1.20. The second kappa shape index (κ2) is 9.84. The van der Waals surface area contributed by atoms with E-state index in [1.54, 1.807) is 13.0 Å². The number of esters is 2. The summed E-state index contributed by atoms with van der Waals surface area (Å²) in [5, 5.41) is 19.8. The van der Waals surface area contributed by atoms with Crippen molar-refractivity contribution in [2.75, 3.05) is 13.7 Å². The molecule has 1 aliphatic heterocycles. The van der Waals surface area contributed by atoms with Crippen LogP contribution in [0.2, 0.25) is 0 Å². The van der Waals surface area contributed by atoms with E-state index in [1.807, 2.05) is 13.8 Å². The van der Waals surface area contributed by atoms with Crippen molar-refractivity contribution >= 4 is 17.7 Å². The average Bonchev–Trinajstić information content (AvgIpc) is 3.39. The van der Waals surface area contributed by atoms with Gasteiger partial charge in [-0.2, -0.15) is 0 Å². The van der Waals surface area contributed by atoms with Gasteiger partial charge in [0.15, 0.2) is 5.78 Å². The van der Waals surface area contributed by atoms with Crippen LogP contribution in [0.5, 0.6) is 0 Å². The summed E-state index contributed by atoms with van der Waals surface area (Å²) in [4.78, 5) is 39.0. The fraction of sp³-hybridized carbons (Fsp3) is 0.759. The minimum absolute atomic E-state index is 0.0152. The molecule has 0 aromatic carbocycles. The van der Waals surface area contributed by atoms with Crippen molar-refractivity contribution in [3.05, 3.63) is 24.2 Å². The lowest BCUT2D eigenvalue weighted by Crippen LogP contribution is -2.75. The van der Waals surface area contributed by atoms with Gasteiger partial charge in [-0.15, -0.1) is 0 Å². The third-order valence-corrected chi connectivity index (χ3v) is 10.7. The molecule has 37 heavy (non-hydrogen) atoms. The van der Waals surface area contributed by atoms with Crippen molar-refractivity contribution in [3.8, 4) is 0 Å². The molecule has 3 saturated carbocycles. The summed E-state index contributed by atoms with van der Waals surface area (Å²) in [7, 11) is 1.42. The quantitative estimate of drug-likeness (QED) is 0.452. The molecule has 2 heterocycles. The normalized spacial score (nSPS) is 44.0. The van der Waals surface area contributed by atoms with Crippen LogP contribution in [0.25, 0.3) is 0 Å². The number of hydrogen-bond acceptors (Lipinski definition) is 8. The fourth-order valence-corrected chi connectivity index (χ4v) is 8.89. The predicted octanol–water partition coefficient (Wildman–Crippen LogP) is 4.03. The number of methoxy groups -OCH3 is 1. The minimum Gasteiger partial charge on any atom is -0.472 e. The Balaban J connectivity index is 0.00000102. The first-order valence-electron chi connectivity index (χ1n) is 13.6. The molecule has 2 N–H and O–H groups in total. The van der Waals surface area contributed by atoms with Crippen molar-refractivity contribution in [3.63, 3.8) is 0 Å². The maximum absolute atomic E-state index is 13.7. The highest BCUT2D eigenvalue weighted by Crippen LogP contribution is 2.70. The summed E-state index contributed by atoms with van der Waals surface area (Å²) in [6.07, 6.45) is 4.65. The zero-order valence-electron chi connectivity index (χ0n) is 22.9. The van der Waals surface area contributed by atoms with E-state index < -0.39 is 17.1 Å². The second-order valence-electron chi connectivity index (χ2n) is 12.2. The van der Waals surface area contributed by atoms with E-state index in [9.17, 15) is 19.5 Å². The second-order valence-corrected chi connectivity index (χ2v) is 12.2. The van der Waals surface area contributed by atoms with Gasteiger partial charge in [0.05, 0.1) is 18.9 Å². The fourth-order valence-electron chi connectivity index (χ4n) is 8.89. The summed E-state index contributed by atoms with van der Waals surface area (Å²) in [5.41, 5.74) is -1.80. The lowest BCUT2D eigenvalue weighted by atomic mass is 9.36. The smallest absolute Gasteiger partial charge is 0.306 e. The summed E-state index contributed by atoms with van der Waals surface area (Å²) in [6, 6.07) is 1.68. The van der Waals surface area contributed by atoms with E-state index in [0.29, 0.717) is 24.8 Å². The van der Waals surface area contributed by atoms with E-state index in [1.165, 1.54) is 19.6 Å². The maximum atomic E-state index is 13.7. The van der Waals surface area contributed by atoms with Gasteiger partial charge in [-0.05, 0) is 67.3 Å². The Bertz CT molecular complexity index is 1020. The number of aliphatic hydroxyl groups is 2. The van der Waals surface area contributed by atoms with E-state index in [0.717, 1.165) is 6.42 Å². The Kier molecular flexibility index (Phi) is 7.40. The Morgan fingerprint density at radius 1 is 1.22 bits per heavy atom. The maximum Gasteiger partial charge on any atom is 0.306 e. The number of carbonyl (C=O) groups excluding carboxylic acids is 3. The van der Waals surface area contributed by atoms with E-state index >= 15 is 0 Å². The largest absolute Gasteiger partial charge is 0.472 e. The van der Waals surface area contributed by atoms with Crippen LogP contribution in [0.3, 0.4) is 0 Å². The highest BCUT2D eigenvalue weighted by molar-refractivity contribution is 6.00. The molecule has 4 aliphatic rings. The van der Waals surface area contributed by atoms with Gasteiger partial charge >= 0.3 is 11.9 Å². The first-order valence-corrected chi connectivity index (χ1v) is 13.6. The highest BCUT2D eigenvalue weighted by atomic mass is 16.6. The lowest BCUT2D eigenvalue weighted by molar-refractivity contribution is -0.306. The van der Waals surface area contributed by atoms with Crippen molar-refractivity contribution < 1.29 is 38.5 Å². The molecule has 5 rings (SSSR count). The third kappa shape index (κ3) is 4.06. The molecule has 8 nitrogen and oxygen atoms in total. The van der Waals surface area contributed by atoms with E-state index in [-0.39, 0.29) is 71.7 Å². The predicted molar refractivity (Wildman–Crippen MR) is 134 cm³/mol. The van der Waals surface area contributed by atoms with Crippen LogP contribution in [0, 0.1) is 46.3 Å². The molecule has 8 heteroatoms. The van der Waals surface area contributed by atoms with E-state index in [2.05, 4.69) is 13.8 Å². The van der Waals surface area contributed by atoms with Crippen molar-refractivity contribution in [2.45, 2.75) is 78.4 Å². The summed E-state index contributed by atoms with van der Waals surface area (Å²) in [5.74, 6) is -0.937. The number of fused-ring (bicyclic) bond motifs is 4. The molecule has 0 amide bonds. The summed E-state index contributed by atoms with van der Waals surface area (Å²) in [6.45, 7) is 10.2. The van der Waals surface area contributed by atoms with Crippen molar-refractivity contribution in [1.82, 2.24) is 0 Å². The van der Waals surface area contributed by atoms with Crippen LogP contribution in [-0.2, 0) is 19.1 Å². The number of ketones is 1. The number of Topliss-reactive ketones (excluding diaryl/α,β-unsaturated/α-hetero) is 1. The number of furan rings is 1. The molecule has 2 bridgehead atoms.